The van der Waals surface area contributed by atoms with Gasteiger partial charge in [0.25, 0.3) is 0 Å². The monoisotopic (exact) mass is 369 g/mol. The molecular formula is C14H16BrN3O2S. The lowest BCUT2D eigenvalue weighted by Gasteiger charge is -2.25. The summed E-state index contributed by atoms with van der Waals surface area (Å²) in [6.45, 7) is 1.26. The van der Waals surface area contributed by atoms with Crippen LogP contribution in [0.25, 0.3) is 0 Å². The number of hydrogen-bond donors (Lipinski definition) is 1. The van der Waals surface area contributed by atoms with E-state index in [1.54, 1.807) is 11.8 Å². The van der Waals surface area contributed by atoms with Crippen molar-refractivity contribution in [3.05, 3.63) is 40.5 Å². The van der Waals surface area contributed by atoms with Crippen molar-refractivity contribution in [1.82, 2.24) is 10.1 Å². The van der Waals surface area contributed by atoms with E-state index in [0.29, 0.717) is 30.7 Å². The van der Waals surface area contributed by atoms with E-state index in [1.165, 1.54) is 4.90 Å². The second-order valence-electron chi connectivity index (χ2n) is 4.93. The molecule has 0 amide bonds. The maximum absolute atomic E-state index is 6.08. The van der Waals surface area contributed by atoms with Gasteiger partial charge in [-0.3, -0.25) is 0 Å². The fourth-order valence-electron chi connectivity index (χ4n) is 2.16. The number of nitrogens with zero attached hydrogens (tertiary/aromatic N) is 2. The van der Waals surface area contributed by atoms with Crippen molar-refractivity contribution >= 4 is 27.7 Å². The Kier molecular flexibility index (Phi) is 4.95. The van der Waals surface area contributed by atoms with Gasteiger partial charge in [0.2, 0.25) is 5.89 Å². The molecule has 0 saturated carbocycles. The summed E-state index contributed by atoms with van der Waals surface area (Å²) in [6.07, 6.45) is 0.829. The summed E-state index contributed by atoms with van der Waals surface area (Å²) < 4.78 is 11.8. The molecule has 2 atom stereocenters. The van der Waals surface area contributed by atoms with Crippen LogP contribution in [0, 0.1) is 0 Å². The first kappa shape index (κ1) is 15.0. The van der Waals surface area contributed by atoms with Crippen molar-refractivity contribution in [3.63, 3.8) is 0 Å². The minimum atomic E-state index is 0.0117. The molecule has 21 heavy (non-hydrogen) atoms. The summed E-state index contributed by atoms with van der Waals surface area (Å²) in [4.78, 5) is 5.62. The summed E-state index contributed by atoms with van der Waals surface area (Å²) in [5.41, 5.74) is 6.08. The number of ether oxygens (including phenoxy) is 1. The smallest absolute Gasteiger partial charge is 0.233 e. The number of benzene rings is 1. The van der Waals surface area contributed by atoms with E-state index >= 15 is 0 Å². The molecule has 0 spiro atoms. The van der Waals surface area contributed by atoms with Crippen LogP contribution in [0.5, 0.6) is 0 Å². The number of nitrogens with two attached hydrogens (primary N) is 1. The molecule has 2 heterocycles. The Balaban J connectivity index is 1.61. The lowest BCUT2D eigenvalue weighted by Crippen LogP contribution is -2.37. The first-order valence-corrected chi connectivity index (χ1v) is 8.54. The van der Waals surface area contributed by atoms with Gasteiger partial charge in [-0.15, -0.1) is 11.8 Å². The van der Waals surface area contributed by atoms with Gasteiger partial charge in [-0.1, -0.05) is 21.1 Å². The maximum atomic E-state index is 6.08. The van der Waals surface area contributed by atoms with Crippen LogP contribution in [0.2, 0.25) is 0 Å². The molecule has 1 saturated heterocycles. The number of rotatable bonds is 4. The first-order chi connectivity index (χ1) is 10.2. The van der Waals surface area contributed by atoms with Crippen LogP contribution >= 0.6 is 27.7 Å². The van der Waals surface area contributed by atoms with Gasteiger partial charge >= 0.3 is 0 Å². The summed E-state index contributed by atoms with van der Waals surface area (Å²) in [6, 6.07) is 8.18. The SMILES string of the molecule is NC1CCOCC1c1nc(CSc2ccc(Br)cc2)no1. The lowest BCUT2D eigenvalue weighted by molar-refractivity contribution is 0.0590. The molecule has 1 aromatic heterocycles. The highest BCUT2D eigenvalue weighted by atomic mass is 79.9. The maximum Gasteiger partial charge on any atom is 0.233 e. The average molecular weight is 370 g/mol. The number of halogens is 1. The standard InChI is InChI=1S/C14H16BrN3O2S/c15-9-1-3-10(4-2-9)21-8-13-17-14(20-18-13)11-7-19-6-5-12(11)16/h1-4,11-12H,5-8,16H2. The molecule has 0 aliphatic carbocycles. The lowest BCUT2D eigenvalue weighted by atomic mass is 9.97. The molecule has 1 aliphatic rings. The summed E-state index contributed by atoms with van der Waals surface area (Å²) in [5.74, 6) is 1.97. The van der Waals surface area contributed by atoms with Crippen LogP contribution in [0.4, 0.5) is 0 Å². The molecule has 5 nitrogen and oxygen atoms in total. The van der Waals surface area contributed by atoms with E-state index in [9.17, 15) is 0 Å². The molecule has 2 unspecified atom stereocenters. The largest absolute Gasteiger partial charge is 0.381 e. The molecule has 1 aromatic carbocycles. The van der Waals surface area contributed by atoms with Crippen molar-refractivity contribution in [2.75, 3.05) is 13.2 Å². The van der Waals surface area contributed by atoms with Crippen LogP contribution in [0.15, 0.2) is 38.2 Å². The Morgan fingerprint density at radius 2 is 2.14 bits per heavy atom. The van der Waals surface area contributed by atoms with Crippen molar-refractivity contribution in [1.29, 1.82) is 0 Å². The quantitative estimate of drug-likeness (QED) is 0.835. The van der Waals surface area contributed by atoms with Crippen LogP contribution in [0.1, 0.15) is 24.1 Å². The van der Waals surface area contributed by atoms with Crippen LogP contribution in [-0.2, 0) is 10.5 Å². The summed E-state index contributed by atoms with van der Waals surface area (Å²) in [7, 11) is 0. The zero-order valence-electron chi connectivity index (χ0n) is 11.4. The van der Waals surface area contributed by atoms with Gasteiger partial charge in [0.1, 0.15) is 0 Å². The van der Waals surface area contributed by atoms with E-state index in [2.05, 4.69) is 38.2 Å². The van der Waals surface area contributed by atoms with Crippen molar-refractivity contribution in [2.45, 2.75) is 29.0 Å². The third-order valence-electron chi connectivity index (χ3n) is 3.39. The van der Waals surface area contributed by atoms with Crippen LogP contribution < -0.4 is 5.73 Å². The fraction of sp³-hybridized carbons (Fsp3) is 0.429. The Hall–Kier alpha value is -0.890. The van der Waals surface area contributed by atoms with Crippen molar-refractivity contribution < 1.29 is 9.26 Å². The van der Waals surface area contributed by atoms with E-state index in [1.807, 2.05) is 12.1 Å². The molecule has 1 fully saturated rings. The van der Waals surface area contributed by atoms with Gasteiger partial charge in [-0.25, -0.2) is 0 Å². The highest BCUT2D eigenvalue weighted by Gasteiger charge is 2.29. The second kappa shape index (κ2) is 6.91. The average Bonchev–Trinajstić information content (AvgIpc) is 2.96. The molecule has 3 rings (SSSR count). The first-order valence-electron chi connectivity index (χ1n) is 6.76. The molecule has 1 aliphatic heterocycles. The molecule has 112 valence electrons. The molecule has 0 bridgehead atoms. The van der Waals surface area contributed by atoms with Gasteiger partial charge in [0.05, 0.1) is 18.3 Å². The third kappa shape index (κ3) is 3.85. The second-order valence-corrected chi connectivity index (χ2v) is 6.89. The van der Waals surface area contributed by atoms with E-state index in [4.69, 9.17) is 15.0 Å². The summed E-state index contributed by atoms with van der Waals surface area (Å²) >= 11 is 5.10. The van der Waals surface area contributed by atoms with Crippen molar-refractivity contribution in [3.8, 4) is 0 Å². The highest BCUT2D eigenvalue weighted by Crippen LogP contribution is 2.26. The number of hydrogen-bond acceptors (Lipinski definition) is 6. The number of thioether (sulfide) groups is 1. The van der Waals surface area contributed by atoms with Crippen LogP contribution in [-0.4, -0.2) is 29.4 Å². The summed E-state index contributed by atoms with van der Waals surface area (Å²) in [5, 5.41) is 4.03. The Labute approximate surface area is 135 Å². The molecule has 7 heteroatoms. The van der Waals surface area contributed by atoms with Gasteiger partial charge in [-0.2, -0.15) is 4.98 Å². The van der Waals surface area contributed by atoms with Gasteiger partial charge in [0, 0.05) is 22.0 Å². The van der Waals surface area contributed by atoms with E-state index < -0.39 is 0 Å². The Morgan fingerprint density at radius 1 is 1.33 bits per heavy atom. The van der Waals surface area contributed by atoms with Gasteiger partial charge in [0.15, 0.2) is 5.82 Å². The minimum absolute atomic E-state index is 0.0117. The molecular weight excluding hydrogens is 354 g/mol. The minimum Gasteiger partial charge on any atom is -0.381 e. The van der Waals surface area contributed by atoms with Crippen molar-refractivity contribution in [2.24, 2.45) is 5.73 Å². The molecule has 0 radical (unpaired) electrons. The van der Waals surface area contributed by atoms with E-state index in [-0.39, 0.29) is 12.0 Å². The fourth-order valence-corrected chi connectivity index (χ4v) is 3.17. The van der Waals surface area contributed by atoms with Gasteiger partial charge < -0.3 is 15.0 Å². The third-order valence-corrected chi connectivity index (χ3v) is 4.93. The van der Waals surface area contributed by atoms with E-state index in [0.717, 1.165) is 10.9 Å². The highest BCUT2D eigenvalue weighted by molar-refractivity contribution is 9.10. The van der Waals surface area contributed by atoms with Gasteiger partial charge in [-0.05, 0) is 30.7 Å². The normalized spacial score (nSPS) is 22.4. The molecule has 2 aromatic rings. The Morgan fingerprint density at radius 3 is 2.90 bits per heavy atom. The number of aromatic nitrogens is 2. The zero-order valence-corrected chi connectivity index (χ0v) is 13.8. The topological polar surface area (TPSA) is 74.2 Å². The Bertz CT molecular complexity index is 590. The predicted octanol–water partition coefficient (Wildman–Crippen LogP) is 2.96. The predicted molar refractivity (Wildman–Crippen MR) is 84.2 cm³/mol. The zero-order chi connectivity index (χ0) is 14.7. The van der Waals surface area contributed by atoms with Crippen LogP contribution in [0.3, 0.4) is 0 Å². The molecule has 2 N–H and O–H groups in total.